The molecule has 0 radical (unpaired) electrons. The highest BCUT2D eigenvalue weighted by molar-refractivity contribution is 5.94. The standard InChI is InChI=1S/C20H29N3O3/c1-14-13-23(18(25)19(2,3)4)11-9-20(14)8-7-16(26-20)17(24)22-15-6-5-10-21-12-15/h5-6,10,12,14,16H,7-9,11,13H2,1-4H3,(H,22,24). The van der Waals surface area contributed by atoms with E-state index in [1.54, 1.807) is 18.5 Å². The Morgan fingerprint density at radius 1 is 1.35 bits per heavy atom. The van der Waals surface area contributed by atoms with E-state index >= 15 is 0 Å². The van der Waals surface area contributed by atoms with E-state index in [0.29, 0.717) is 25.2 Å². The zero-order valence-corrected chi connectivity index (χ0v) is 16.1. The minimum absolute atomic E-state index is 0.115. The predicted molar refractivity (Wildman–Crippen MR) is 99.5 cm³/mol. The minimum Gasteiger partial charge on any atom is -0.362 e. The zero-order valence-electron chi connectivity index (χ0n) is 16.1. The molecule has 3 atom stereocenters. The van der Waals surface area contributed by atoms with Crippen molar-refractivity contribution in [2.45, 2.75) is 58.7 Å². The van der Waals surface area contributed by atoms with Crippen LogP contribution in [-0.2, 0) is 14.3 Å². The van der Waals surface area contributed by atoms with Crippen molar-refractivity contribution in [3.63, 3.8) is 0 Å². The number of nitrogens with one attached hydrogen (secondary N) is 1. The van der Waals surface area contributed by atoms with Crippen LogP contribution in [0, 0.1) is 11.3 Å². The van der Waals surface area contributed by atoms with E-state index in [1.165, 1.54) is 0 Å². The molecule has 0 saturated carbocycles. The number of hydrogen-bond acceptors (Lipinski definition) is 4. The first-order chi connectivity index (χ1) is 12.2. The fraction of sp³-hybridized carbons (Fsp3) is 0.650. The Hall–Kier alpha value is -1.95. The van der Waals surface area contributed by atoms with E-state index in [4.69, 9.17) is 4.74 Å². The van der Waals surface area contributed by atoms with Gasteiger partial charge in [-0.2, -0.15) is 0 Å². The molecule has 0 aromatic carbocycles. The summed E-state index contributed by atoms with van der Waals surface area (Å²) in [6.07, 6.45) is 5.21. The van der Waals surface area contributed by atoms with Crippen LogP contribution in [-0.4, -0.2) is 46.5 Å². The summed E-state index contributed by atoms with van der Waals surface area (Å²) >= 11 is 0. The molecule has 26 heavy (non-hydrogen) atoms. The fourth-order valence-corrected chi connectivity index (χ4v) is 3.98. The molecule has 1 aromatic rings. The topological polar surface area (TPSA) is 71.5 Å². The maximum Gasteiger partial charge on any atom is 0.253 e. The molecule has 3 heterocycles. The molecule has 2 fully saturated rings. The van der Waals surface area contributed by atoms with Gasteiger partial charge < -0.3 is 15.0 Å². The molecule has 142 valence electrons. The largest absolute Gasteiger partial charge is 0.362 e. The van der Waals surface area contributed by atoms with Crippen LogP contribution in [0.15, 0.2) is 24.5 Å². The number of aromatic nitrogens is 1. The molecule has 2 aliphatic heterocycles. The Morgan fingerprint density at radius 3 is 2.73 bits per heavy atom. The highest BCUT2D eigenvalue weighted by Crippen LogP contribution is 2.43. The Morgan fingerprint density at radius 2 is 2.12 bits per heavy atom. The van der Waals surface area contributed by atoms with Gasteiger partial charge >= 0.3 is 0 Å². The van der Waals surface area contributed by atoms with Crippen LogP contribution in [0.5, 0.6) is 0 Å². The molecule has 0 aliphatic carbocycles. The van der Waals surface area contributed by atoms with E-state index in [1.807, 2.05) is 31.7 Å². The highest BCUT2D eigenvalue weighted by Gasteiger charge is 2.50. The van der Waals surface area contributed by atoms with Crippen LogP contribution in [0.4, 0.5) is 5.69 Å². The number of likely N-dealkylation sites (tertiary alicyclic amines) is 1. The van der Waals surface area contributed by atoms with Crippen LogP contribution < -0.4 is 5.32 Å². The van der Waals surface area contributed by atoms with Crippen LogP contribution in [0.2, 0.25) is 0 Å². The Kier molecular flexibility index (Phi) is 5.06. The van der Waals surface area contributed by atoms with Crippen LogP contribution in [0.25, 0.3) is 0 Å². The molecule has 6 heteroatoms. The molecular weight excluding hydrogens is 330 g/mol. The molecule has 6 nitrogen and oxygen atoms in total. The quantitative estimate of drug-likeness (QED) is 0.881. The third kappa shape index (κ3) is 3.75. The summed E-state index contributed by atoms with van der Waals surface area (Å²) in [5, 5.41) is 2.88. The zero-order chi connectivity index (χ0) is 18.9. The smallest absolute Gasteiger partial charge is 0.253 e. The van der Waals surface area contributed by atoms with Crippen LogP contribution in [0.3, 0.4) is 0 Å². The van der Waals surface area contributed by atoms with Gasteiger partial charge in [-0.15, -0.1) is 0 Å². The third-order valence-electron chi connectivity index (χ3n) is 5.55. The molecule has 2 amide bonds. The molecule has 2 aliphatic rings. The lowest BCUT2D eigenvalue weighted by Gasteiger charge is -2.45. The van der Waals surface area contributed by atoms with Gasteiger partial charge in [-0.25, -0.2) is 0 Å². The molecule has 1 N–H and O–H groups in total. The summed E-state index contributed by atoms with van der Waals surface area (Å²) in [6.45, 7) is 9.37. The molecule has 1 spiro atoms. The van der Waals surface area contributed by atoms with E-state index in [2.05, 4.69) is 17.2 Å². The molecule has 2 saturated heterocycles. The summed E-state index contributed by atoms with van der Waals surface area (Å²) in [7, 11) is 0. The molecule has 0 bridgehead atoms. The maximum atomic E-state index is 12.6. The summed E-state index contributed by atoms with van der Waals surface area (Å²) in [5.74, 6) is 0.275. The highest BCUT2D eigenvalue weighted by atomic mass is 16.5. The predicted octanol–water partition coefficient (Wildman–Crippen LogP) is 2.85. The van der Waals surface area contributed by atoms with Crippen molar-refractivity contribution < 1.29 is 14.3 Å². The van der Waals surface area contributed by atoms with Gasteiger partial charge in [0.1, 0.15) is 6.10 Å². The first-order valence-electron chi connectivity index (χ1n) is 9.39. The lowest BCUT2D eigenvalue weighted by Crippen LogP contribution is -2.54. The number of hydrogen-bond donors (Lipinski definition) is 1. The number of carbonyl (C=O) groups is 2. The van der Waals surface area contributed by atoms with Crippen molar-refractivity contribution in [1.29, 1.82) is 0 Å². The van der Waals surface area contributed by atoms with Crippen molar-refractivity contribution >= 4 is 17.5 Å². The lowest BCUT2D eigenvalue weighted by atomic mass is 9.79. The third-order valence-corrected chi connectivity index (χ3v) is 5.55. The van der Waals surface area contributed by atoms with Crippen molar-refractivity contribution in [2.75, 3.05) is 18.4 Å². The number of pyridine rings is 1. The number of amides is 2. The normalized spacial score (nSPS) is 29.0. The van der Waals surface area contributed by atoms with Crippen molar-refractivity contribution in [2.24, 2.45) is 11.3 Å². The van der Waals surface area contributed by atoms with E-state index in [9.17, 15) is 9.59 Å². The summed E-state index contributed by atoms with van der Waals surface area (Å²) < 4.78 is 6.28. The monoisotopic (exact) mass is 359 g/mol. The maximum absolute atomic E-state index is 12.6. The summed E-state index contributed by atoms with van der Waals surface area (Å²) in [6, 6.07) is 3.60. The van der Waals surface area contributed by atoms with Gasteiger partial charge in [0.2, 0.25) is 5.91 Å². The number of piperidine rings is 1. The summed E-state index contributed by atoms with van der Waals surface area (Å²) in [5.41, 5.74) is 0.0130. The molecule has 3 rings (SSSR count). The summed E-state index contributed by atoms with van der Waals surface area (Å²) in [4.78, 5) is 31.0. The lowest BCUT2D eigenvalue weighted by molar-refractivity contribution is -0.156. The van der Waals surface area contributed by atoms with Gasteiger partial charge in [-0.3, -0.25) is 14.6 Å². The second-order valence-corrected chi connectivity index (χ2v) is 8.59. The van der Waals surface area contributed by atoms with E-state index in [-0.39, 0.29) is 28.7 Å². The van der Waals surface area contributed by atoms with Crippen molar-refractivity contribution in [1.82, 2.24) is 9.88 Å². The first-order valence-corrected chi connectivity index (χ1v) is 9.39. The van der Waals surface area contributed by atoms with Crippen molar-refractivity contribution in [3.05, 3.63) is 24.5 Å². The average Bonchev–Trinajstić information content (AvgIpc) is 3.02. The number of ether oxygens (including phenoxy) is 1. The van der Waals surface area contributed by atoms with Gasteiger partial charge in [0.05, 0.1) is 17.5 Å². The number of nitrogens with zero attached hydrogens (tertiary/aromatic N) is 2. The number of anilines is 1. The van der Waals surface area contributed by atoms with Crippen molar-refractivity contribution in [3.8, 4) is 0 Å². The van der Waals surface area contributed by atoms with E-state index < -0.39 is 6.10 Å². The van der Waals surface area contributed by atoms with Gasteiger partial charge in [0.25, 0.3) is 5.91 Å². The van der Waals surface area contributed by atoms with Crippen LogP contribution in [0.1, 0.15) is 47.0 Å². The fourth-order valence-electron chi connectivity index (χ4n) is 3.98. The number of rotatable bonds is 2. The molecular formula is C20H29N3O3. The number of carbonyl (C=O) groups excluding carboxylic acids is 2. The second-order valence-electron chi connectivity index (χ2n) is 8.59. The Labute approximate surface area is 155 Å². The molecule has 3 unspecified atom stereocenters. The van der Waals surface area contributed by atoms with E-state index in [0.717, 1.165) is 12.8 Å². The van der Waals surface area contributed by atoms with Gasteiger partial charge in [0, 0.05) is 30.6 Å². The Balaban J connectivity index is 1.61. The SMILES string of the molecule is CC1CN(C(=O)C(C)(C)C)CCC12CCC(C(=O)Nc1cccnc1)O2. The second kappa shape index (κ2) is 6.99. The first kappa shape index (κ1) is 18.8. The van der Waals surface area contributed by atoms with Gasteiger partial charge in [-0.1, -0.05) is 27.7 Å². The average molecular weight is 359 g/mol. The Bertz CT molecular complexity index is 671. The van der Waals surface area contributed by atoms with Gasteiger partial charge in [-0.05, 0) is 31.4 Å². The minimum atomic E-state index is -0.442. The molecule has 1 aromatic heterocycles. The van der Waals surface area contributed by atoms with Crippen LogP contribution >= 0.6 is 0 Å². The van der Waals surface area contributed by atoms with Gasteiger partial charge in [0.15, 0.2) is 0 Å².